The van der Waals surface area contributed by atoms with Gasteiger partial charge in [0.2, 0.25) is 0 Å². The van der Waals surface area contributed by atoms with Crippen LogP contribution in [-0.2, 0) is 11.2 Å². The van der Waals surface area contributed by atoms with Crippen LogP contribution >= 0.6 is 15.9 Å². The fraction of sp³-hybridized carbons (Fsp3) is 0.0870. The van der Waals surface area contributed by atoms with Crippen LogP contribution in [0.1, 0.15) is 12.1 Å². The molecule has 0 radical (unpaired) electrons. The fourth-order valence-corrected chi connectivity index (χ4v) is 3.71. The van der Waals surface area contributed by atoms with E-state index >= 15 is 0 Å². The predicted molar refractivity (Wildman–Crippen MR) is 112 cm³/mol. The van der Waals surface area contributed by atoms with Crippen LogP contribution in [0.4, 0.5) is 0 Å². The second-order valence-corrected chi connectivity index (χ2v) is 7.36. The number of hydrogen-bond acceptors (Lipinski definition) is 1. The zero-order chi connectivity index (χ0) is 18.8. The third-order valence-electron chi connectivity index (χ3n) is 4.70. The van der Waals surface area contributed by atoms with E-state index in [1.807, 2.05) is 36.4 Å². The molecule has 0 fully saturated rings. The van der Waals surface area contributed by atoms with E-state index in [2.05, 4.69) is 63.0 Å². The van der Waals surface area contributed by atoms with E-state index in [1.165, 1.54) is 0 Å². The number of aromatic nitrogens is 1. The number of hydrogen-bond donors (Lipinski definition) is 1. The molecule has 0 aliphatic carbocycles. The Morgan fingerprint density at radius 3 is 2.41 bits per heavy atom. The Balaban J connectivity index is 1.94. The Morgan fingerprint density at radius 1 is 0.889 bits per heavy atom. The second-order valence-electron chi connectivity index (χ2n) is 6.44. The Morgan fingerprint density at radius 2 is 1.63 bits per heavy atom. The number of halogens is 1. The molecule has 3 nitrogen and oxygen atoms in total. The summed E-state index contributed by atoms with van der Waals surface area (Å²) in [6.45, 7) is 0. The first-order valence-electron chi connectivity index (χ1n) is 8.80. The highest BCUT2D eigenvalue weighted by Gasteiger charge is 2.15. The van der Waals surface area contributed by atoms with E-state index in [9.17, 15) is 4.79 Å². The van der Waals surface area contributed by atoms with Crippen molar-refractivity contribution in [3.05, 3.63) is 89.0 Å². The van der Waals surface area contributed by atoms with Crippen LogP contribution in [0, 0.1) is 0 Å². The molecule has 3 aromatic carbocycles. The zero-order valence-electron chi connectivity index (χ0n) is 14.6. The van der Waals surface area contributed by atoms with Crippen molar-refractivity contribution in [2.75, 3.05) is 0 Å². The standard InChI is InChI=1S/C23H18BrNO2/c24-18-10-8-17(9-11-18)21-14-12-19(13-15-23(26)27)25(21)22-7-3-5-16-4-1-2-6-20(16)22/h1-12,14H,13,15H2,(H,26,27). The summed E-state index contributed by atoms with van der Waals surface area (Å²) in [5, 5.41) is 11.5. The normalized spacial score (nSPS) is 11.0. The van der Waals surface area contributed by atoms with Gasteiger partial charge in [0, 0.05) is 15.6 Å². The zero-order valence-corrected chi connectivity index (χ0v) is 16.2. The number of carboxylic acid groups (broad SMARTS) is 1. The van der Waals surface area contributed by atoms with E-state index < -0.39 is 5.97 Å². The monoisotopic (exact) mass is 419 g/mol. The van der Waals surface area contributed by atoms with E-state index in [0.717, 1.165) is 37.9 Å². The van der Waals surface area contributed by atoms with Gasteiger partial charge in [-0.05, 0) is 47.7 Å². The summed E-state index contributed by atoms with van der Waals surface area (Å²) >= 11 is 3.49. The van der Waals surface area contributed by atoms with Crippen molar-refractivity contribution in [3.63, 3.8) is 0 Å². The topological polar surface area (TPSA) is 42.2 Å². The van der Waals surface area contributed by atoms with Gasteiger partial charge in [-0.2, -0.15) is 0 Å². The van der Waals surface area contributed by atoms with Gasteiger partial charge in [0.25, 0.3) is 0 Å². The van der Waals surface area contributed by atoms with Crippen LogP contribution in [0.5, 0.6) is 0 Å². The number of carboxylic acids is 1. The number of fused-ring (bicyclic) bond motifs is 1. The minimum Gasteiger partial charge on any atom is -0.481 e. The molecule has 0 atom stereocenters. The number of benzene rings is 3. The van der Waals surface area contributed by atoms with Gasteiger partial charge in [0.05, 0.1) is 17.8 Å². The number of aliphatic carboxylic acids is 1. The van der Waals surface area contributed by atoms with Gasteiger partial charge in [-0.1, -0.05) is 64.5 Å². The van der Waals surface area contributed by atoms with Crippen molar-refractivity contribution >= 4 is 32.7 Å². The minimum atomic E-state index is -0.786. The quantitative estimate of drug-likeness (QED) is 0.425. The van der Waals surface area contributed by atoms with Gasteiger partial charge >= 0.3 is 5.97 Å². The molecule has 134 valence electrons. The molecule has 0 aliphatic rings. The highest BCUT2D eigenvalue weighted by molar-refractivity contribution is 9.10. The second kappa shape index (κ2) is 7.41. The van der Waals surface area contributed by atoms with E-state index in [4.69, 9.17) is 5.11 Å². The predicted octanol–water partition coefficient (Wildman–Crippen LogP) is 6.08. The smallest absolute Gasteiger partial charge is 0.303 e. The molecule has 0 unspecified atom stereocenters. The van der Waals surface area contributed by atoms with Crippen molar-refractivity contribution in [2.24, 2.45) is 0 Å². The third kappa shape index (κ3) is 3.53. The maximum Gasteiger partial charge on any atom is 0.303 e. The van der Waals surface area contributed by atoms with Crippen LogP contribution < -0.4 is 0 Å². The van der Waals surface area contributed by atoms with Crippen LogP contribution in [0.25, 0.3) is 27.7 Å². The lowest BCUT2D eigenvalue weighted by atomic mass is 10.1. The van der Waals surface area contributed by atoms with E-state index in [0.29, 0.717) is 6.42 Å². The molecule has 0 spiro atoms. The molecule has 1 heterocycles. The van der Waals surface area contributed by atoms with Crippen molar-refractivity contribution in [3.8, 4) is 16.9 Å². The largest absolute Gasteiger partial charge is 0.481 e. The summed E-state index contributed by atoms with van der Waals surface area (Å²) in [4.78, 5) is 11.1. The van der Waals surface area contributed by atoms with Gasteiger partial charge in [-0.15, -0.1) is 0 Å². The number of nitrogens with zero attached hydrogens (tertiary/aromatic N) is 1. The average Bonchev–Trinajstić information content (AvgIpc) is 3.10. The molecule has 0 bridgehead atoms. The summed E-state index contributed by atoms with van der Waals surface area (Å²) in [6.07, 6.45) is 0.587. The molecule has 1 N–H and O–H groups in total. The molecule has 0 amide bonds. The van der Waals surface area contributed by atoms with Crippen molar-refractivity contribution in [1.29, 1.82) is 0 Å². The SMILES string of the molecule is O=C(O)CCc1ccc(-c2ccc(Br)cc2)n1-c1cccc2ccccc12. The molecule has 0 saturated heterocycles. The van der Waals surface area contributed by atoms with Gasteiger partial charge in [-0.3, -0.25) is 4.79 Å². The first kappa shape index (κ1) is 17.6. The summed E-state index contributed by atoms with van der Waals surface area (Å²) in [5.74, 6) is -0.786. The molecular formula is C23H18BrNO2. The first-order valence-corrected chi connectivity index (χ1v) is 9.59. The molecule has 4 heteroatoms. The summed E-state index contributed by atoms with van der Waals surface area (Å²) in [7, 11) is 0. The average molecular weight is 420 g/mol. The van der Waals surface area contributed by atoms with Gasteiger partial charge < -0.3 is 9.67 Å². The Hall–Kier alpha value is -2.85. The summed E-state index contributed by atoms with van der Waals surface area (Å²) in [6, 6.07) is 26.8. The highest BCUT2D eigenvalue weighted by atomic mass is 79.9. The Labute approximate surface area is 166 Å². The Bertz CT molecular complexity index is 1110. The maximum atomic E-state index is 11.1. The molecule has 0 saturated carbocycles. The molecule has 0 aliphatic heterocycles. The van der Waals surface area contributed by atoms with Gasteiger partial charge in [0.15, 0.2) is 0 Å². The lowest BCUT2D eigenvalue weighted by Gasteiger charge is -2.16. The van der Waals surface area contributed by atoms with Crippen molar-refractivity contribution in [2.45, 2.75) is 12.8 Å². The molecule has 4 rings (SSSR count). The van der Waals surface area contributed by atoms with E-state index in [1.54, 1.807) is 0 Å². The fourth-order valence-electron chi connectivity index (χ4n) is 3.44. The van der Waals surface area contributed by atoms with Crippen LogP contribution in [0.3, 0.4) is 0 Å². The lowest BCUT2D eigenvalue weighted by molar-refractivity contribution is -0.136. The molecular weight excluding hydrogens is 402 g/mol. The maximum absolute atomic E-state index is 11.1. The number of carbonyl (C=O) groups is 1. The number of aryl methyl sites for hydroxylation is 1. The first-order chi connectivity index (χ1) is 13.1. The molecule has 4 aromatic rings. The summed E-state index contributed by atoms with van der Waals surface area (Å²) in [5.41, 5.74) is 4.20. The van der Waals surface area contributed by atoms with E-state index in [-0.39, 0.29) is 6.42 Å². The van der Waals surface area contributed by atoms with Crippen LogP contribution in [-0.4, -0.2) is 15.6 Å². The Kier molecular flexibility index (Phi) is 4.82. The van der Waals surface area contributed by atoms with Gasteiger partial charge in [0.1, 0.15) is 0 Å². The van der Waals surface area contributed by atoms with Crippen LogP contribution in [0.2, 0.25) is 0 Å². The highest BCUT2D eigenvalue weighted by Crippen LogP contribution is 2.32. The third-order valence-corrected chi connectivity index (χ3v) is 5.23. The van der Waals surface area contributed by atoms with Crippen LogP contribution in [0.15, 0.2) is 83.3 Å². The summed E-state index contributed by atoms with van der Waals surface area (Å²) < 4.78 is 3.22. The molecule has 27 heavy (non-hydrogen) atoms. The van der Waals surface area contributed by atoms with Crippen molar-refractivity contribution < 1.29 is 9.90 Å². The number of rotatable bonds is 5. The van der Waals surface area contributed by atoms with Gasteiger partial charge in [-0.25, -0.2) is 0 Å². The van der Waals surface area contributed by atoms with Crippen molar-refractivity contribution in [1.82, 2.24) is 4.57 Å². The minimum absolute atomic E-state index is 0.106. The molecule has 1 aromatic heterocycles. The lowest BCUT2D eigenvalue weighted by Crippen LogP contribution is -2.06.